The standard InChI is InChI=1S/C18H24N2O3/c1-22-18-5-4-13(10-19)9-14(18)11-20-7-2-3-16(20)15-12-23-8-6-17(15)21/h4-5,9,15-17,21H,2-3,6-8,11-12H2,1H3/t15-,16+,17-/m0/s1. The van der Waals surface area contributed by atoms with Gasteiger partial charge in [0.25, 0.3) is 0 Å². The van der Waals surface area contributed by atoms with Crippen LogP contribution >= 0.6 is 0 Å². The van der Waals surface area contributed by atoms with E-state index in [9.17, 15) is 5.11 Å². The third kappa shape index (κ3) is 3.50. The van der Waals surface area contributed by atoms with Gasteiger partial charge in [-0.3, -0.25) is 4.90 Å². The Labute approximate surface area is 137 Å². The van der Waals surface area contributed by atoms with Crippen LogP contribution in [0.3, 0.4) is 0 Å². The molecule has 3 atom stereocenters. The lowest BCUT2D eigenvalue weighted by Crippen LogP contribution is -2.45. The molecule has 0 amide bonds. The van der Waals surface area contributed by atoms with Gasteiger partial charge in [-0.05, 0) is 44.0 Å². The molecular formula is C18H24N2O3. The molecule has 23 heavy (non-hydrogen) atoms. The van der Waals surface area contributed by atoms with Crippen LogP contribution < -0.4 is 4.74 Å². The highest BCUT2D eigenvalue weighted by Gasteiger charge is 2.37. The SMILES string of the molecule is COc1ccc(C#N)cc1CN1CCC[C@@H]1[C@@H]1COCC[C@@H]1O. The molecule has 2 aliphatic rings. The van der Waals surface area contributed by atoms with Gasteiger partial charge in [0.05, 0.1) is 31.5 Å². The second-order valence-corrected chi connectivity index (χ2v) is 6.41. The normalized spacial score (nSPS) is 28.5. The Hall–Kier alpha value is -1.61. The van der Waals surface area contributed by atoms with Gasteiger partial charge in [0.15, 0.2) is 0 Å². The minimum Gasteiger partial charge on any atom is -0.496 e. The lowest BCUT2D eigenvalue weighted by molar-refractivity contribution is -0.0636. The van der Waals surface area contributed by atoms with Crippen LogP contribution in [0, 0.1) is 17.2 Å². The average Bonchev–Trinajstić information content (AvgIpc) is 3.03. The molecule has 2 saturated heterocycles. The number of likely N-dealkylation sites (tertiary alicyclic amines) is 1. The summed E-state index contributed by atoms with van der Waals surface area (Å²) < 4.78 is 11.0. The summed E-state index contributed by atoms with van der Waals surface area (Å²) in [6.07, 6.45) is 2.67. The quantitative estimate of drug-likeness (QED) is 0.919. The molecule has 0 bridgehead atoms. The van der Waals surface area contributed by atoms with Gasteiger partial charge in [-0.1, -0.05) is 0 Å². The van der Waals surface area contributed by atoms with Gasteiger partial charge in [-0.2, -0.15) is 5.26 Å². The van der Waals surface area contributed by atoms with Gasteiger partial charge >= 0.3 is 0 Å². The van der Waals surface area contributed by atoms with Crippen molar-refractivity contribution in [3.8, 4) is 11.8 Å². The van der Waals surface area contributed by atoms with E-state index < -0.39 is 0 Å². The molecule has 124 valence electrons. The van der Waals surface area contributed by atoms with Crippen LogP contribution in [0.5, 0.6) is 5.75 Å². The first-order chi connectivity index (χ1) is 11.2. The molecule has 5 heteroatoms. The minimum atomic E-state index is -0.276. The minimum absolute atomic E-state index is 0.177. The Balaban J connectivity index is 1.77. The van der Waals surface area contributed by atoms with Crippen molar-refractivity contribution in [2.24, 2.45) is 5.92 Å². The fourth-order valence-corrected chi connectivity index (χ4v) is 3.84. The molecule has 1 aromatic carbocycles. The van der Waals surface area contributed by atoms with Gasteiger partial charge in [0.1, 0.15) is 5.75 Å². The summed E-state index contributed by atoms with van der Waals surface area (Å²) in [7, 11) is 1.66. The monoisotopic (exact) mass is 316 g/mol. The summed E-state index contributed by atoms with van der Waals surface area (Å²) in [5, 5.41) is 19.4. The maximum Gasteiger partial charge on any atom is 0.123 e. The largest absolute Gasteiger partial charge is 0.496 e. The summed E-state index contributed by atoms with van der Waals surface area (Å²) in [5.74, 6) is 0.992. The maximum absolute atomic E-state index is 10.3. The Kier molecular flexibility index (Phi) is 5.16. The highest BCUT2D eigenvalue weighted by molar-refractivity contribution is 5.42. The van der Waals surface area contributed by atoms with Crippen LogP contribution in [-0.2, 0) is 11.3 Å². The lowest BCUT2D eigenvalue weighted by Gasteiger charge is -2.37. The van der Waals surface area contributed by atoms with E-state index in [1.165, 1.54) is 0 Å². The molecule has 5 nitrogen and oxygen atoms in total. The number of aliphatic hydroxyl groups excluding tert-OH is 1. The van der Waals surface area contributed by atoms with Gasteiger partial charge in [-0.15, -0.1) is 0 Å². The highest BCUT2D eigenvalue weighted by atomic mass is 16.5. The third-order valence-corrected chi connectivity index (χ3v) is 5.05. The fraction of sp³-hybridized carbons (Fsp3) is 0.611. The van der Waals surface area contributed by atoms with Crippen LogP contribution in [0.4, 0.5) is 0 Å². The van der Waals surface area contributed by atoms with Gasteiger partial charge in [-0.25, -0.2) is 0 Å². The zero-order valence-electron chi connectivity index (χ0n) is 13.6. The smallest absolute Gasteiger partial charge is 0.123 e. The average molecular weight is 316 g/mol. The number of hydrogen-bond acceptors (Lipinski definition) is 5. The predicted molar refractivity (Wildman–Crippen MR) is 86.1 cm³/mol. The molecule has 0 spiro atoms. The molecule has 3 rings (SSSR count). The van der Waals surface area contributed by atoms with Crippen molar-refractivity contribution in [2.75, 3.05) is 26.9 Å². The first-order valence-corrected chi connectivity index (χ1v) is 8.30. The lowest BCUT2D eigenvalue weighted by atomic mass is 9.89. The summed E-state index contributed by atoms with van der Waals surface area (Å²) in [4.78, 5) is 2.40. The Bertz CT molecular complexity index is 584. The summed E-state index contributed by atoms with van der Waals surface area (Å²) in [6.45, 7) is 3.04. The van der Waals surface area contributed by atoms with Crippen molar-refractivity contribution in [2.45, 2.75) is 38.0 Å². The Morgan fingerprint density at radius 3 is 3.04 bits per heavy atom. The number of aliphatic hydroxyl groups is 1. The molecule has 0 saturated carbocycles. The molecule has 1 aromatic rings. The van der Waals surface area contributed by atoms with Crippen molar-refractivity contribution in [3.05, 3.63) is 29.3 Å². The van der Waals surface area contributed by atoms with E-state index in [1.807, 2.05) is 12.1 Å². The first-order valence-electron chi connectivity index (χ1n) is 8.30. The van der Waals surface area contributed by atoms with Crippen LogP contribution in [0.15, 0.2) is 18.2 Å². The van der Waals surface area contributed by atoms with Crippen molar-refractivity contribution in [3.63, 3.8) is 0 Å². The number of ether oxygens (including phenoxy) is 2. The zero-order valence-corrected chi connectivity index (χ0v) is 13.6. The molecule has 1 N–H and O–H groups in total. The molecule has 0 aliphatic carbocycles. The predicted octanol–water partition coefficient (Wildman–Crippen LogP) is 1.93. The van der Waals surface area contributed by atoms with Crippen molar-refractivity contribution < 1.29 is 14.6 Å². The van der Waals surface area contributed by atoms with Crippen molar-refractivity contribution >= 4 is 0 Å². The molecule has 2 heterocycles. The fourth-order valence-electron chi connectivity index (χ4n) is 3.84. The van der Waals surface area contributed by atoms with E-state index in [-0.39, 0.29) is 12.0 Å². The third-order valence-electron chi connectivity index (χ3n) is 5.05. The second kappa shape index (κ2) is 7.31. The summed E-state index contributed by atoms with van der Waals surface area (Å²) in [6, 6.07) is 8.07. The number of nitriles is 1. The first kappa shape index (κ1) is 16.3. The van der Waals surface area contributed by atoms with Gasteiger partial charge in [0.2, 0.25) is 0 Å². The van der Waals surface area contributed by atoms with Crippen LogP contribution in [0.2, 0.25) is 0 Å². The number of benzene rings is 1. The van der Waals surface area contributed by atoms with Gasteiger partial charge < -0.3 is 14.6 Å². The summed E-state index contributed by atoms with van der Waals surface area (Å²) >= 11 is 0. The molecule has 2 aliphatic heterocycles. The molecule has 0 radical (unpaired) electrons. The zero-order chi connectivity index (χ0) is 16.2. The van der Waals surface area contributed by atoms with Crippen molar-refractivity contribution in [1.29, 1.82) is 5.26 Å². The highest BCUT2D eigenvalue weighted by Crippen LogP contribution is 2.32. The summed E-state index contributed by atoms with van der Waals surface area (Å²) in [5.41, 5.74) is 1.68. The van der Waals surface area contributed by atoms with Crippen LogP contribution in [0.25, 0.3) is 0 Å². The van der Waals surface area contributed by atoms with E-state index in [0.29, 0.717) is 24.8 Å². The number of nitrogens with zero attached hydrogens (tertiary/aromatic N) is 2. The molecule has 0 unspecified atom stereocenters. The Morgan fingerprint density at radius 1 is 1.43 bits per heavy atom. The van der Waals surface area contributed by atoms with Crippen molar-refractivity contribution in [1.82, 2.24) is 4.90 Å². The van der Waals surface area contributed by atoms with Crippen LogP contribution in [-0.4, -0.2) is 49.0 Å². The molecular weight excluding hydrogens is 292 g/mol. The number of hydrogen-bond donors (Lipinski definition) is 1. The van der Waals surface area contributed by atoms with E-state index in [1.54, 1.807) is 13.2 Å². The topological polar surface area (TPSA) is 65.7 Å². The Morgan fingerprint density at radius 2 is 2.30 bits per heavy atom. The van der Waals surface area contributed by atoms with Gasteiger partial charge in [0, 0.05) is 30.7 Å². The second-order valence-electron chi connectivity index (χ2n) is 6.41. The molecule has 0 aromatic heterocycles. The van der Waals surface area contributed by atoms with E-state index in [0.717, 1.165) is 43.7 Å². The van der Waals surface area contributed by atoms with Crippen LogP contribution in [0.1, 0.15) is 30.4 Å². The van der Waals surface area contributed by atoms with E-state index in [2.05, 4.69) is 11.0 Å². The number of methoxy groups -OCH3 is 1. The molecule has 2 fully saturated rings. The van der Waals surface area contributed by atoms with E-state index >= 15 is 0 Å². The maximum atomic E-state index is 10.3. The number of rotatable bonds is 4. The van der Waals surface area contributed by atoms with E-state index in [4.69, 9.17) is 14.7 Å².